The molecule has 100 valence electrons. The average molecular weight is 253 g/mol. The molecule has 0 aromatic carbocycles. The summed E-state index contributed by atoms with van der Waals surface area (Å²) in [5.41, 5.74) is 5.69. The van der Waals surface area contributed by atoms with E-state index in [9.17, 15) is 0 Å². The van der Waals surface area contributed by atoms with Gasteiger partial charge < -0.3 is 25.4 Å². The Balaban J connectivity index is 2.20. The van der Waals surface area contributed by atoms with Gasteiger partial charge in [0.1, 0.15) is 23.8 Å². The number of nitrogens with two attached hydrogens (primary N) is 1. The Morgan fingerprint density at radius 1 is 1.28 bits per heavy atom. The molecule has 2 heterocycles. The van der Waals surface area contributed by atoms with Crippen LogP contribution in [-0.4, -0.2) is 56.5 Å². The summed E-state index contributed by atoms with van der Waals surface area (Å²) in [6, 6.07) is 1.86. The van der Waals surface area contributed by atoms with Crippen LogP contribution in [0, 0.1) is 0 Å². The van der Waals surface area contributed by atoms with Crippen molar-refractivity contribution in [3.05, 3.63) is 6.07 Å². The molecule has 7 heteroatoms. The lowest BCUT2D eigenvalue weighted by Gasteiger charge is -2.17. The predicted molar refractivity (Wildman–Crippen MR) is 69.8 cm³/mol. The van der Waals surface area contributed by atoms with Gasteiger partial charge in [0.2, 0.25) is 5.95 Å². The maximum atomic E-state index is 5.69. The van der Waals surface area contributed by atoms with Crippen LogP contribution in [0.15, 0.2) is 6.07 Å². The maximum Gasteiger partial charge on any atom is 0.223 e. The van der Waals surface area contributed by atoms with E-state index in [2.05, 4.69) is 20.2 Å². The van der Waals surface area contributed by atoms with Gasteiger partial charge in [-0.3, -0.25) is 0 Å². The minimum Gasteiger partial charge on any atom is -0.377 e. The van der Waals surface area contributed by atoms with Crippen molar-refractivity contribution in [2.75, 3.05) is 50.3 Å². The molecule has 2 rings (SSSR count). The first-order valence-electron chi connectivity index (χ1n) is 5.80. The highest BCUT2D eigenvalue weighted by molar-refractivity contribution is 5.53. The third-order valence-electron chi connectivity index (χ3n) is 3.13. The highest BCUT2D eigenvalue weighted by Crippen LogP contribution is 2.23. The number of aromatic nitrogens is 2. The van der Waals surface area contributed by atoms with Crippen molar-refractivity contribution in [2.24, 2.45) is 0 Å². The number of nitrogens with one attached hydrogen (secondary N) is 1. The number of methoxy groups -OCH3 is 2. The first-order valence-corrected chi connectivity index (χ1v) is 5.80. The summed E-state index contributed by atoms with van der Waals surface area (Å²) in [6.45, 7) is 1.46. The van der Waals surface area contributed by atoms with Crippen molar-refractivity contribution in [1.29, 1.82) is 0 Å². The molecule has 1 fully saturated rings. The van der Waals surface area contributed by atoms with E-state index >= 15 is 0 Å². The van der Waals surface area contributed by atoms with Gasteiger partial charge in [-0.2, -0.15) is 9.97 Å². The van der Waals surface area contributed by atoms with Crippen LogP contribution in [0.4, 0.5) is 17.6 Å². The highest BCUT2D eigenvalue weighted by atomic mass is 16.5. The normalized spacial score (nSPS) is 23.4. The third-order valence-corrected chi connectivity index (χ3v) is 3.13. The smallest absolute Gasteiger partial charge is 0.223 e. The molecule has 0 spiro atoms. The van der Waals surface area contributed by atoms with Crippen molar-refractivity contribution < 1.29 is 9.47 Å². The number of anilines is 3. The zero-order chi connectivity index (χ0) is 13.1. The lowest BCUT2D eigenvalue weighted by Crippen LogP contribution is -2.27. The fraction of sp³-hybridized carbons (Fsp3) is 0.636. The molecule has 1 aromatic rings. The van der Waals surface area contributed by atoms with Gasteiger partial charge in [-0.05, 0) is 0 Å². The van der Waals surface area contributed by atoms with E-state index in [-0.39, 0.29) is 18.2 Å². The van der Waals surface area contributed by atoms with E-state index in [1.54, 1.807) is 21.3 Å². The van der Waals surface area contributed by atoms with Crippen molar-refractivity contribution in [3.8, 4) is 0 Å². The van der Waals surface area contributed by atoms with Crippen LogP contribution in [0.25, 0.3) is 0 Å². The first kappa shape index (κ1) is 12.8. The zero-order valence-electron chi connectivity index (χ0n) is 10.9. The molecule has 0 aliphatic carbocycles. The van der Waals surface area contributed by atoms with Crippen molar-refractivity contribution in [2.45, 2.75) is 12.2 Å². The second kappa shape index (κ2) is 5.36. The van der Waals surface area contributed by atoms with Gasteiger partial charge in [0.05, 0.1) is 0 Å². The summed E-state index contributed by atoms with van der Waals surface area (Å²) < 4.78 is 10.8. The van der Waals surface area contributed by atoms with Crippen molar-refractivity contribution in [1.82, 2.24) is 9.97 Å². The molecule has 7 nitrogen and oxygen atoms in total. The Morgan fingerprint density at radius 2 is 1.89 bits per heavy atom. The fourth-order valence-corrected chi connectivity index (χ4v) is 2.13. The molecule has 1 aliphatic rings. The number of hydrogen-bond donors (Lipinski definition) is 2. The summed E-state index contributed by atoms with van der Waals surface area (Å²) in [5.74, 6) is 1.74. The molecular weight excluding hydrogens is 234 g/mol. The lowest BCUT2D eigenvalue weighted by molar-refractivity contribution is -0.00461. The Morgan fingerprint density at radius 3 is 2.39 bits per heavy atom. The van der Waals surface area contributed by atoms with Crippen LogP contribution in [0.2, 0.25) is 0 Å². The SMILES string of the molecule is CNc1cc(N2CC(OC)C(OC)C2)nc(N)n1. The monoisotopic (exact) mass is 253 g/mol. The van der Waals surface area contributed by atoms with Crippen molar-refractivity contribution in [3.63, 3.8) is 0 Å². The average Bonchev–Trinajstić information content (AvgIpc) is 2.81. The number of rotatable bonds is 4. The second-order valence-electron chi connectivity index (χ2n) is 4.17. The minimum absolute atomic E-state index is 0.0456. The Kier molecular flexibility index (Phi) is 3.83. The van der Waals surface area contributed by atoms with E-state index in [0.717, 1.165) is 18.9 Å². The Bertz CT molecular complexity index is 402. The molecule has 18 heavy (non-hydrogen) atoms. The third kappa shape index (κ3) is 2.46. The fourth-order valence-electron chi connectivity index (χ4n) is 2.13. The van der Waals surface area contributed by atoms with Gasteiger partial charge in [-0.1, -0.05) is 0 Å². The number of ether oxygens (including phenoxy) is 2. The molecule has 0 radical (unpaired) electrons. The van der Waals surface area contributed by atoms with Crippen LogP contribution in [0.3, 0.4) is 0 Å². The van der Waals surface area contributed by atoms with Crippen LogP contribution in [0.1, 0.15) is 0 Å². The van der Waals surface area contributed by atoms with Gasteiger partial charge in [0.15, 0.2) is 0 Å². The van der Waals surface area contributed by atoms with Crippen LogP contribution >= 0.6 is 0 Å². The van der Waals surface area contributed by atoms with Gasteiger partial charge in [-0.15, -0.1) is 0 Å². The van der Waals surface area contributed by atoms with Gasteiger partial charge in [0, 0.05) is 40.4 Å². The molecule has 2 unspecified atom stereocenters. The Labute approximate surface area is 106 Å². The van der Waals surface area contributed by atoms with E-state index in [1.807, 2.05) is 6.07 Å². The van der Waals surface area contributed by atoms with Crippen LogP contribution in [0.5, 0.6) is 0 Å². The zero-order valence-corrected chi connectivity index (χ0v) is 10.9. The van der Waals surface area contributed by atoms with Crippen molar-refractivity contribution >= 4 is 17.6 Å². The van der Waals surface area contributed by atoms with Crippen LogP contribution < -0.4 is 16.0 Å². The summed E-state index contributed by atoms with van der Waals surface area (Å²) in [6.07, 6.45) is 0.0912. The predicted octanol–water partition coefficient (Wildman–Crippen LogP) is -0.0495. The highest BCUT2D eigenvalue weighted by Gasteiger charge is 2.33. The summed E-state index contributed by atoms with van der Waals surface area (Å²) in [5, 5.41) is 2.96. The maximum absolute atomic E-state index is 5.69. The van der Waals surface area contributed by atoms with E-state index in [1.165, 1.54) is 0 Å². The second-order valence-corrected chi connectivity index (χ2v) is 4.17. The standard InChI is InChI=1S/C11H19N5O2/c1-13-9-4-10(15-11(12)14-9)16-5-7(17-2)8(6-16)18-3/h4,7-8H,5-6H2,1-3H3,(H3,12,13,14,15). The molecule has 1 aliphatic heterocycles. The van der Waals surface area contributed by atoms with E-state index < -0.39 is 0 Å². The molecule has 2 atom stereocenters. The molecular formula is C11H19N5O2. The Hall–Kier alpha value is -1.60. The summed E-state index contributed by atoms with van der Waals surface area (Å²) in [4.78, 5) is 10.4. The van der Waals surface area contributed by atoms with Gasteiger partial charge in [0.25, 0.3) is 0 Å². The molecule has 1 saturated heterocycles. The van der Waals surface area contributed by atoms with E-state index in [4.69, 9.17) is 15.2 Å². The largest absolute Gasteiger partial charge is 0.377 e. The molecule has 3 N–H and O–H groups in total. The molecule has 0 amide bonds. The molecule has 0 saturated carbocycles. The summed E-state index contributed by atoms with van der Waals surface area (Å²) >= 11 is 0. The number of nitrogen functional groups attached to an aromatic ring is 1. The topological polar surface area (TPSA) is 85.5 Å². The number of nitrogens with zero attached hydrogens (tertiary/aromatic N) is 3. The molecule has 0 bridgehead atoms. The quantitative estimate of drug-likeness (QED) is 0.778. The lowest BCUT2D eigenvalue weighted by atomic mass is 10.3. The molecule has 1 aromatic heterocycles. The number of hydrogen-bond acceptors (Lipinski definition) is 7. The summed E-state index contributed by atoms with van der Waals surface area (Å²) in [7, 11) is 5.17. The van der Waals surface area contributed by atoms with Crippen LogP contribution in [-0.2, 0) is 9.47 Å². The van der Waals surface area contributed by atoms with E-state index in [0.29, 0.717) is 5.82 Å². The first-order chi connectivity index (χ1) is 8.67. The van der Waals surface area contributed by atoms with Gasteiger partial charge >= 0.3 is 0 Å². The minimum atomic E-state index is 0.0456. The van der Waals surface area contributed by atoms with Gasteiger partial charge in [-0.25, -0.2) is 0 Å².